The predicted octanol–water partition coefficient (Wildman–Crippen LogP) is 2.90. The topological polar surface area (TPSA) is 102 Å². The number of carbonyl (C=O) groups is 3. The second kappa shape index (κ2) is 7.96. The fourth-order valence-corrected chi connectivity index (χ4v) is 2.82. The van der Waals surface area contributed by atoms with E-state index in [0.29, 0.717) is 16.8 Å². The zero-order chi connectivity index (χ0) is 20.3. The number of esters is 1. The lowest BCUT2D eigenvalue weighted by molar-refractivity contribution is -0.136. The van der Waals surface area contributed by atoms with Gasteiger partial charge in [-0.25, -0.2) is 4.79 Å². The van der Waals surface area contributed by atoms with Gasteiger partial charge in [0.15, 0.2) is 23.9 Å². The molecule has 144 valence electrons. The molecule has 0 radical (unpaired) electrons. The molecule has 0 aliphatic carbocycles. The van der Waals surface area contributed by atoms with Crippen molar-refractivity contribution >= 4 is 29.4 Å². The van der Waals surface area contributed by atoms with Crippen molar-refractivity contribution in [2.75, 3.05) is 19.0 Å². The molecule has 28 heavy (non-hydrogen) atoms. The minimum Gasteiger partial charge on any atom is -0.504 e. The highest BCUT2D eigenvalue weighted by Crippen LogP contribution is 2.32. The maximum atomic E-state index is 12.3. The van der Waals surface area contributed by atoms with Gasteiger partial charge in [-0.1, -0.05) is 6.07 Å². The molecule has 1 heterocycles. The number of phenols is 1. The van der Waals surface area contributed by atoms with Crippen LogP contribution in [0.3, 0.4) is 0 Å². The Kier molecular flexibility index (Phi) is 5.44. The lowest BCUT2D eigenvalue weighted by Gasteiger charge is -2.06. The number of fused-ring (bicyclic) bond motifs is 1. The van der Waals surface area contributed by atoms with Crippen LogP contribution in [0, 0.1) is 0 Å². The van der Waals surface area contributed by atoms with E-state index < -0.39 is 12.6 Å². The Morgan fingerprint density at radius 3 is 2.75 bits per heavy atom. The molecule has 2 aromatic rings. The molecule has 0 saturated heterocycles. The van der Waals surface area contributed by atoms with Crippen molar-refractivity contribution in [1.82, 2.24) is 0 Å². The number of ketones is 1. The number of phenolic OH excluding ortho intramolecular Hbond substituents is 1. The number of aromatic hydroxyl groups is 1. The van der Waals surface area contributed by atoms with Crippen LogP contribution in [0.2, 0.25) is 0 Å². The third-order valence-corrected chi connectivity index (χ3v) is 4.45. The van der Waals surface area contributed by atoms with E-state index >= 15 is 0 Å². The summed E-state index contributed by atoms with van der Waals surface area (Å²) in [4.78, 5) is 35.8. The average molecular weight is 381 g/mol. The summed E-state index contributed by atoms with van der Waals surface area (Å²) in [5.41, 5.74) is 2.45. The fraction of sp³-hybridized carbons (Fsp3) is 0.190. The monoisotopic (exact) mass is 381 g/mol. The second-order valence-electron chi connectivity index (χ2n) is 6.31. The SMILES string of the molecule is COc1cc(/C=C/C(=O)OCC(=O)c2ccc3c(c2)[C@H](C)C(=O)N3)ccc1O. The summed E-state index contributed by atoms with van der Waals surface area (Å²) >= 11 is 0. The lowest BCUT2D eigenvalue weighted by atomic mass is 9.99. The Balaban J connectivity index is 1.59. The van der Waals surface area contributed by atoms with Crippen molar-refractivity contribution in [3.8, 4) is 11.5 Å². The average Bonchev–Trinajstić information content (AvgIpc) is 2.98. The van der Waals surface area contributed by atoms with Gasteiger partial charge in [-0.3, -0.25) is 9.59 Å². The molecule has 7 heteroatoms. The molecule has 0 saturated carbocycles. The van der Waals surface area contributed by atoms with Crippen LogP contribution < -0.4 is 10.1 Å². The van der Waals surface area contributed by atoms with Crippen LogP contribution in [0.4, 0.5) is 5.69 Å². The molecule has 1 aliphatic rings. The minimum absolute atomic E-state index is 0.00612. The third kappa shape index (κ3) is 4.03. The van der Waals surface area contributed by atoms with Gasteiger partial charge < -0.3 is 19.9 Å². The van der Waals surface area contributed by atoms with E-state index in [1.165, 1.54) is 25.3 Å². The molecule has 2 N–H and O–H groups in total. The van der Waals surface area contributed by atoms with Crippen LogP contribution in [-0.4, -0.2) is 36.5 Å². The zero-order valence-corrected chi connectivity index (χ0v) is 15.4. The van der Waals surface area contributed by atoms with E-state index in [-0.39, 0.29) is 29.1 Å². The molecule has 0 bridgehead atoms. The Bertz CT molecular complexity index is 979. The maximum Gasteiger partial charge on any atom is 0.331 e. The van der Waals surface area contributed by atoms with Gasteiger partial charge in [0.05, 0.1) is 13.0 Å². The van der Waals surface area contributed by atoms with Crippen LogP contribution >= 0.6 is 0 Å². The van der Waals surface area contributed by atoms with Crippen molar-refractivity contribution in [2.24, 2.45) is 0 Å². The predicted molar refractivity (Wildman–Crippen MR) is 102 cm³/mol. The summed E-state index contributed by atoms with van der Waals surface area (Å²) in [6, 6.07) is 9.52. The molecular weight excluding hydrogens is 362 g/mol. The maximum absolute atomic E-state index is 12.3. The van der Waals surface area contributed by atoms with Gasteiger partial charge in [-0.05, 0) is 54.5 Å². The lowest BCUT2D eigenvalue weighted by Crippen LogP contribution is -2.13. The van der Waals surface area contributed by atoms with E-state index in [0.717, 1.165) is 5.56 Å². The number of hydrogen-bond donors (Lipinski definition) is 2. The smallest absolute Gasteiger partial charge is 0.331 e. The Morgan fingerprint density at radius 2 is 2.00 bits per heavy atom. The molecule has 7 nitrogen and oxygen atoms in total. The molecule has 3 rings (SSSR count). The van der Waals surface area contributed by atoms with E-state index in [9.17, 15) is 19.5 Å². The Labute approximate surface area is 161 Å². The van der Waals surface area contributed by atoms with Crippen molar-refractivity contribution in [2.45, 2.75) is 12.8 Å². The van der Waals surface area contributed by atoms with Crippen molar-refractivity contribution in [1.29, 1.82) is 0 Å². The number of nitrogens with one attached hydrogen (secondary N) is 1. The quantitative estimate of drug-likeness (QED) is 0.453. The van der Waals surface area contributed by atoms with E-state index in [1.807, 2.05) is 0 Å². The first kappa shape index (κ1) is 19.2. The van der Waals surface area contributed by atoms with Gasteiger partial charge in [-0.15, -0.1) is 0 Å². The number of rotatable bonds is 6. The van der Waals surface area contributed by atoms with Crippen LogP contribution in [0.25, 0.3) is 6.08 Å². The van der Waals surface area contributed by atoms with Crippen LogP contribution in [-0.2, 0) is 14.3 Å². The zero-order valence-electron chi connectivity index (χ0n) is 15.4. The number of methoxy groups -OCH3 is 1. The molecule has 0 unspecified atom stereocenters. The van der Waals surface area contributed by atoms with Gasteiger partial charge in [-0.2, -0.15) is 0 Å². The largest absolute Gasteiger partial charge is 0.504 e. The summed E-state index contributed by atoms with van der Waals surface area (Å²) in [5.74, 6) is -1.19. The van der Waals surface area contributed by atoms with E-state index in [4.69, 9.17) is 9.47 Å². The highest BCUT2D eigenvalue weighted by atomic mass is 16.5. The highest BCUT2D eigenvalue weighted by molar-refractivity contribution is 6.05. The summed E-state index contributed by atoms with van der Waals surface area (Å²) in [6.07, 6.45) is 2.68. The number of ether oxygens (including phenoxy) is 2. The third-order valence-electron chi connectivity index (χ3n) is 4.45. The van der Waals surface area contributed by atoms with Gasteiger partial charge in [0.1, 0.15) is 0 Å². The van der Waals surface area contributed by atoms with E-state index in [2.05, 4.69) is 5.32 Å². The van der Waals surface area contributed by atoms with Gasteiger partial charge in [0.2, 0.25) is 5.91 Å². The summed E-state index contributed by atoms with van der Waals surface area (Å²) in [6.45, 7) is 1.36. The molecule has 1 amide bonds. The van der Waals surface area contributed by atoms with Crippen molar-refractivity contribution < 1.29 is 29.0 Å². The first-order valence-corrected chi connectivity index (χ1v) is 8.59. The summed E-state index contributed by atoms with van der Waals surface area (Å²) in [5, 5.41) is 12.3. The number of hydrogen-bond acceptors (Lipinski definition) is 6. The highest BCUT2D eigenvalue weighted by Gasteiger charge is 2.27. The van der Waals surface area contributed by atoms with Crippen LogP contribution in [0.1, 0.15) is 34.3 Å². The molecular formula is C21H19NO6. The molecule has 1 atom stereocenters. The number of Topliss-reactive ketones (excluding diaryl/α,β-unsaturated/α-hetero) is 1. The van der Waals surface area contributed by atoms with Gasteiger partial charge in [0, 0.05) is 17.3 Å². The molecule has 0 aromatic heterocycles. The molecule has 2 aromatic carbocycles. The minimum atomic E-state index is -0.674. The standard InChI is InChI=1S/C21H19NO6/c1-12-15-10-14(5-6-16(15)22-21(12)26)18(24)11-28-20(25)8-4-13-3-7-17(23)19(9-13)27-2/h3-10,12,23H,11H2,1-2H3,(H,22,26)/b8-4+/t12-/m0/s1. The summed E-state index contributed by atoms with van der Waals surface area (Å²) in [7, 11) is 1.42. The normalized spacial score (nSPS) is 15.2. The van der Waals surface area contributed by atoms with Crippen LogP contribution in [0.5, 0.6) is 11.5 Å². The van der Waals surface area contributed by atoms with Crippen molar-refractivity contribution in [3.05, 3.63) is 59.2 Å². The van der Waals surface area contributed by atoms with Crippen molar-refractivity contribution in [3.63, 3.8) is 0 Å². The Hall–Kier alpha value is -3.61. The Morgan fingerprint density at radius 1 is 1.21 bits per heavy atom. The van der Waals surface area contributed by atoms with Gasteiger partial charge >= 0.3 is 5.97 Å². The number of carbonyl (C=O) groups excluding carboxylic acids is 3. The molecule has 1 aliphatic heterocycles. The second-order valence-corrected chi connectivity index (χ2v) is 6.31. The summed E-state index contributed by atoms with van der Waals surface area (Å²) < 4.78 is 9.99. The molecule has 0 spiro atoms. The first-order chi connectivity index (χ1) is 13.4. The number of benzene rings is 2. The fourth-order valence-electron chi connectivity index (χ4n) is 2.82. The number of amides is 1. The first-order valence-electron chi connectivity index (χ1n) is 8.59. The number of anilines is 1. The van der Waals surface area contributed by atoms with Crippen LogP contribution in [0.15, 0.2) is 42.5 Å². The van der Waals surface area contributed by atoms with E-state index in [1.54, 1.807) is 37.3 Å². The van der Waals surface area contributed by atoms with Gasteiger partial charge in [0.25, 0.3) is 0 Å². The molecule has 0 fully saturated rings.